The third-order valence-electron chi connectivity index (χ3n) is 3.29. The lowest BCUT2D eigenvalue weighted by molar-refractivity contribution is -0.139. The zero-order valence-electron chi connectivity index (χ0n) is 12.2. The van der Waals surface area contributed by atoms with Crippen LogP contribution in [-0.2, 0) is 9.59 Å². The fourth-order valence-electron chi connectivity index (χ4n) is 1.98. The van der Waals surface area contributed by atoms with Crippen LogP contribution in [0.15, 0.2) is 15.7 Å². The van der Waals surface area contributed by atoms with Gasteiger partial charge in [0.25, 0.3) is 11.8 Å². The summed E-state index contributed by atoms with van der Waals surface area (Å²) in [6, 6.07) is 0. The monoisotopic (exact) mass is 397 g/mol. The normalized spacial score (nSPS) is 15.5. The van der Waals surface area contributed by atoms with Crippen LogP contribution < -0.4 is 0 Å². The Morgan fingerprint density at radius 1 is 1.24 bits per heavy atom. The summed E-state index contributed by atoms with van der Waals surface area (Å²) in [5, 5.41) is 0. The Hall–Kier alpha value is -1.57. The van der Waals surface area contributed by atoms with Gasteiger partial charge in [-0.05, 0) is 55.9 Å². The highest BCUT2D eigenvalue weighted by molar-refractivity contribution is 14.1. The highest BCUT2D eigenvalue weighted by atomic mass is 127. The topological polar surface area (TPSA) is 63.2 Å². The highest BCUT2D eigenvalue weighted by Crippen LogP contribution is 2.18. The second kappa shape index (κ2) is 6.46. The van der Waals surface area contributed by atoms with E-state index in [1.54, 1.807) is 6.08 Å². The molecule has 0 N–H and O–H groups in total. The van der Waals surface area contributed by atoms with Crippen molar-refractivity contribution in [2.45, 2.75) is 27.2 Å². The average molecular weight is 397 g/mol. The largest absolute Gasteiger partial charge is 0.274 e. The minimum atomic E-state index is -0.318. The number of hydrogen-bond acceptors (Lipinski definition) is 4. The van der Waals surface area contributed by atoms with E-state index in [9.17, 15) is 9.59 Å². The number of imide groups is 1. The zero-order valence-corrected chi connectivity index (χ0v) is 14.3. The van der Waals surface area contributed by atoms with Gasteiger partial charge in [-0.15, -0.1) is 0 Å². The summed E-state index contributed by atoms with van der Waals surface area (Å²) in [5.41, 5.74) is 3.13. The van der Waals surface area contributed by atoms with Gasteiger partial charge < -0.3 is 0 Å². The third kappa shape index (κ3) is 3.55. The molecule has 0 saturated heterocycles. The molecule has 2 amide bonds. The molecule has 0 bridgehead atoms. The van der Waals surface area contributed by atoms with Crippen molar-refractivity contribution in [2.24, 2.45) is 0 Å². The zero-order chi connectivity index (χ0) is 15.6. The maximum atomic E-state index is 12.1. The van der Waals surface area contributed by atoms with Crippen LogP contribution in [-0.4, -0.2) is 33.2 Å². The van der Waals surface area contributed by atoms with E-state index in [0.717, 1.165) is 17.1 Å². The van der Waals surface area contributed by atoms with Gasteiger partial charge >= 0.3 is 0 Å². The molecule has 1 aliphatic rings. The number of nitrogens with zero attached hydrogens (tertiary/aromatic N) is 3. The van der Waals surface area contributed by atoms with Crippen molar-refractivity contribution in [3.8, 4) is 0 Å². The minimum absolute atomic E-state index is 0.237. The first-order valence-corrected chi connectivity index (χ1v) is 7.69. The third-order valence-corrected chi connectivity index (χ3v) is 4.20. The molecule has 0 radical (unpaired) electrons. The summed E-state index contributed by atoms with van der Waals surface area (Å²) in [5.74, 6) is -0.555. The highest BCUT2D eigenvalue weighted by Gasteiger charge is 2.24. The van der Waals surface area contributed by atoms with Gasteiger partial charge in [-0.25, -0.2) is 4.98 Å². The van der Waals surface area contributed by atoms with Crippen molar-refractivity contribution in [1.29, 1.82) is 0 Å². The molecule has 2 heterocycles. The van der Waals surface area contributed by atoms with Gasteiger partial charge in [0.05, 0.1) is 26.4 Å². The summed E-state index contributed by atoms with van der Waals surface area (Å²) in [6.07, 6.45) is 5.55. The van der Waals surface area contributed by atoms with E-state index in [-0.39, 0.29) is 11.8 Å². The molecule has 0 atom stereocenters. The van der Waals surface area contributed by atoms with Crippen molar-refractivity contribution < 1.29 is 9.59 Å². The Morgan fingerprint density at radius 2 is 1.90 bits per heavy atom. The lowest BCUT2D eigenvalue weighted by atomic mass is 10.2. The average Bonchev–Trinajstić information content (AvgIpc) is 2.44. The molecule has 0 aliphatic carbocycles. The first-order valence-electron chi connectivity index (χ1n) is 6.61. The maximum Gasteiger partial charge on any atom is 0.266 e. The molecule has 21 heavy (non-hydrogen) atoms. The van der Waals surface area contributed by atoms with Crippen molar-refractivity contribution >= 4 is 40.5 Å². The molecule has 6 heteroatoms. The first-order chi connectivity index (χ1) is 9.90. The number of aromatic nitrogens is 2. The van der Waals surface area contributed by atoms with Crippen LogP contribution in [0.3, 0.4) is 0 Å². The van der Waals surface area contributed by atoms with E-state index in [1.165, 1.54) is 11.0 Å². The molecule has 0 aromatic carbocycles. The van der Waals surface area contributed by atoms with Crippen molar-refractivity contribution in [3.05, 3.63) is 38.5 Å². The molecule has 5 nitrogen and oxygen atoms in total. The molecular weight excluding hydrogens is 381 g/mol. The lowest BCUT2D eigenvalue weighted by Crippen LogP contribution is -2.38. The number of amides is 2. The van der Waals surface area contributed by atoms with E-state index < -0.39 is 0 Å². The smallest absolute Gasteiger partial charge is 0.266 e. The van der Waals surface area contributed by atoms with Gasteiger partial charge in [-0.3, -0.25) is 19.5 Å². The van der Waals surface area contributed by atoms with Gasteiger partial charge in [0.1, 0.15) is 0 Å². The van der Waals surface area contributed by atoms with E-state index in [0.29, 0.717) is 22.2 Å². The van der Waals surface area contributed by atoms with E-state index >= 15 is 0 Å². The molecule has 0 saturated carbocycles. The molecule has 1 aromatic heterocycles. The van der Waals surface area contributed by atoms with E-state index in [4.69, 9.17) is 0 Å². The van der Waals surface area contributed by atoms with Crippen LogP contribution >= 0.6 is 22.6 Å². The van der Waals surface area contributed by atoms with Crippen LogP contribution in [0.25, 0.3) is 6.08 Å². The van der Waals surface area contributed by atoms with Crippen LogP contribution in [0, 0.1) is 20.8 Å². The quantitative estimate of drug-likeness (QED) is 0.569. The summed E-state index contributed by atoms with van der Waals surface area (Å²) in [4.78, 5) is 34.1. The van der Waals surface area contributed by atoms with Gasteiger partial charge in [-0.1, -0.05) is 6.08 Å². The minimum Gasteiger partial charge on any atom is -0.274 e. The molecule has 0 unspecified atom stereocenters. The van der Waals surface area contributed by atoms with Gasteiger partial charge in [-0.2, -0.15) is 0 Å². The summed E-state index contributed by atoms with van der Waals surface area (Å²) in [7, 11) is 0. The van der Waals surface area contributed by atoms with Crippen molar-refractivity contribution in [1.82, 2.24) is 14.9 Å². The SMILES string of the molecule is Cc1nc(C)c(/C=C/C(=O)N2CCC=C(I)C2=O)nc1C. The number of halogens is 1. The lowest BCUT2D eigenvalue weighted by Gasteiger charge is -2.21. The molecular formula is C15H16IN3O2. The Bertz CT molecular complexity index is 665. The Kier molecular flexibility index (Phi) is 4.87. The van der Waals surface area contributed by atoms with Crippen molar-refractivity contribution in [2.75, 3.05) is 6.54 Å². The Morgan fingerprint density at radius 3 is 2.62 bits per heavy atom. The van der Waals surface area contributed by atoms with Crippen LogP contribution in [0.2, 0.25) is 0 Å². The van der Waals surface area contributed by atoms with Crippen molar-refractivity contribution in [3.63, 3.8) is 0 Å². The predicted octanol–water partition coefficient (Wildman–Crippen LogP) is 2.49. The standard InChI is InChI=1S/C15H16IN3O2/c1-9-10(2)18-13(11(3)17-9)6-7-14(20)19-8-4-5-12(16)15(19)21/h5-7H,4,8H2,1-3H3/b7-6+. The fraction of sp³-hybridized carbons (Fsp3) is 0.333. The van der Waals surface area contributed by atoms with Crippen LogP contribution in [0.4, 0.5) is 0 Å². The number of hydrogen-bond donors (Lipinski definition) is 0. The number of carbonyl (C=O) groups excluding carboxylic acids is 2. The van der Waals surface area contributed by atoms with E-state index in [2.05, 4.69) is 9.97 Å². The molecule has 2 rings (SSSR count). The molecule has 0 spiro atoms. The predicted molar refractivity (Wildman–Crippen MR) is 88.7 cm³/mol. The number of carbonyl (C=O) groups is 2. The number of aryl methyl sites for hydroxylation is 3. The second-order valence-corrected chi connectivity index (χ2v) is 6.00. The molecule has 1 aliphatic heterocycles. The summed E-state index contributed by atoms with van der Waals surface area (Å²) in [6.45, 7) is 6.05. The maximum absolute atomic E-state index is 12.1. The van der Waals surface area contributed by atoms with Gasteiger partial charge in [0.15, 0.2) is 0 Å². The fourth-order valence-corrected chi connectivity index (χ4v) is 2.58. The molecule has 110 valence electrons. The second-order valence-electron chi connectivity index (χ2n) is 4.83. The van der Waals surface area contributed by atoms with Crippen LogP contribution in [0.1, 0.15) is 29.2 Å². The van der Waals surface area contributed by atoms with Gasteiger partial charge in [0, 0.05) is 12.6 Å². The van der Waals surface area contributed by atoms with E-state index in [1.807, 2.05) is 49.4 Å². The number of rotatable bonds is 2. The Balaban J connectivity index is 2.18. The van der Waals surface area contributed by atoms with Crippen LogP contribution in [0.5, 0.6) is 0 Å². The molecule has 0 fully saturated rings. The Labute approximate surface area is 137 Å². The first kappa shape index (κ1) is 15.8. The molecule has 1 aromatic rings. The summed E-state index contributed by atoms with van der Waals surface area (Å²) >= 11 is 1.96. The summed E-state index contributed by atoms with van der Waals surface area (Å²) < 4.78 is 0.586. The van der Waals surface area contributed by atoms with Gasteiger partial charge in [0.2, 0.25) is 0 Å².